The van der Waals surface area contributed by atoms with E-state index < -0.39 is 12.1 Å². The summed E-state index contributed by atoms with van der Waals surface area (Å²) in [7, 11) is 0. The van der Waals surface area contributed by atoms with Crippen LogP contribution in [0.5, 0.6) is 0 Å². The first kappa shape index (κ1) is 20.0. The zero-order valence-corrected chi connectivity index (χ0v) is 17.2. The van der Waals surface area contributed by atoms with Gasteiger partial charge in [0.15, 0.2) is 5.82 Å². The fourth-order valence-electron chi connectivity index (χ4n) is 3.66. The van der Waals surface area contributed by atoms with E-state index >= 15 is 0 Å². The molecule has 8 heteroatoms. The minimum absolute atomic E-state index is 0.00476. The Morgan fingerprint density at radius 2 is 1.77 bits per heavy atom. The number of aryl methyl sites for hydroxylation is 1. The molecule has 0 bridgehead atoms. The zero-order valence-electron chi connectivity index (χ0n) is 16.4. The number of amides is 1. The number of nitrogens with one attached hydrogen (secondary N) is 1. The maximum absolute atomic E-state index is 12.4. The van der Waals surface area contributed by atoms with Crippen LogP contribution in [0.4, 0.5) is 10.6 Å². The van der Waals surface area contributed by atoms with Crippen molar-refractivity contribution in [2.45, 2.75) is 18.7 Å². The van der Waals surface area contributed by atoms with Gasteiger partial charge in [0.25, 0.3) is 0 Å². The smallest absolute Gasteiger partial charge is 0.412 e. The Kier molecular flexibility index (Phi) is 5.76. The van der Waals surface area contributed by atoms with E-state index in [-0.39, 0.29) is 18.3 Å². The van der Waals surface area contributed by atoms with Crippen molar-refractivity contribution in [2.24, 2.45) is 0 Å². The summed E-state index contributed by atoms with van der Waals surface area (Å²) < 4.78 is 7.17. The van der Waals surface area contributed by atoms with Crippen LogP contribution < -0.4 is 5.32 Å². The van der Waals surface area contributed by atoms with Gasteiger partial charge in [0.2, 0.25) is 0 Å². The molecule has 1 aromatic heterocycles. The molecule has 7 nitrogen and oxygen atoms in total. The molecule has 0 saturated carbocycles. The molecular formula is C22H21N3O4S. The Balaban J connectivity index is 1.38. The van der Waals surface area contributed by atoms with Crippen LogP contribution in [0.15, 0.2) is 54.6 Å². The summed E-state index contributed by atoms with van der Waals surface area (Å²) in [6.07, 6.45) is -0.570. The van der Waals surface area contributed by atoms with Crippen LogP contribution in [0.3, 0.4) is 0 Å². The third kappa shape index (κ3) is 4.18. The van der Waals surface area contributed by atoms with Gasteiger partial charge in [0.05, 0.1) is 11.6 Å². The molecule has 154 valence electrons. The van der Waals surface area contributed by atoms with Gasteiger partial charge >= 0.3 is 12.1 Å². The second-order valence-electron chi connectivity index (χ2n) is 6.99. The number of benzene rings is 2. The number of carbonyl (C=O) groups is 2. The van der Waals surface area contributed by atoms with Crippen LogP contribution in [0.1, 0.15) is 22.7 Å². The quantitative estimate of drug-likeness (QED) is 0.588. The maximum Gasteiger partial charge on any atom is 0.412 e. The molecule has 0 fully saturated rings. The normalized spacial score (nSPS) is 12.3. The second kappa shape index (κ2) is 8.62. The van der Waals surface area contributed by atoms with Gasteiger partial charge in [-0.2, -0.15) is 5.10 Å². The Morgan fingerprint density at radius 3 is 2.40 bits per heavy atom. The monoisotopic (exact) mass is 423 g/mol. The van der Waals surface area contributed by atoms with Gasteiger partial charge in [0, 0.05) is 17.7 Å². The molecule has 1 aliphatic carbocycles. The third-order valence-electron chi connectivity index (χ3n) is 4.99. The van der Waals surface area contributed by atoms with Crippen molar-refractivity contribution in [3.8, 4) is 11.1 Å². The highest BCUT2D eigenvalue weighted by Gasteiger charge is 2.29. The number of carboxylic acid groups (broad SMARTS) is 1. The maximum atomic E-state index is 12.4. The lowest BCUT2D eigenvalue weighted by Crippen LogP contribution is -2.18. The number of anilines is 1. The molecule has 0 radical (unpaired) electrons. The number of hydrogen-bond acceptors (Lipinski definition) is 5. The zero-order chi connectivity index (χ0) is 21.1. The van der Waals surface area contributed by atoms with E-state index in [0.717, 1.165) is 16.8 Å². The number of ether oxygens (including phenoxy) is 1. The fraction of sp³-hybridized carbons (Fsp3) is 0.227. The van der Waals surface area contributed by atoms with Gasteiger partial charge in [-0.05, 0) is 29.2 Å². The summed E-state index contributed by atoms with van der Waals surface area (Å²) >= 11 is 1.23. The highest BCUT2D eigenvalue weighted by Crippen LogP contribution is 2.44. The number of hydrogen-bond donors (Lipinski definition) is 2. The molecule has 4 rings (SSSR count). The van der Waals surface area contributed by atoms with Crippen LogP contribution in [-0.4, -0.2) is 39.3 Å². The summed E-state index contributed by atoms with van der Waals surface area (Å²) in [5.41, 5.74) is 5.48. The summed E-state index contributed by atoms with van der Waals surface area (Å²) in [6, 6.07) is 18.1. The molecule has 0 unspecified atom stereocenters. The van der Waals surface area contributed by atoms with Crippen LogP contribution in [0.25, 0.3) is 11.1 Å². The number of fused-ring (bicyclic) bond motifs is 3. The number of nitrogens with zero attached hydrogens (tertiary/aromatic N) is 2. The summed E-state index contributed by atoms with van der Waals surface area (Å²) in [5, 5.41) is 15.7. The highest BCUT2D eigenvalue weighted by molar-refractivity contribution is 7.98. The van der Waals surface area contributed by atoms with E-state index in [0.29, 0.717) is 11.7 Å². The van der Waals surface area contributed by atoms with Crippen LogP contribution in [0, 0.1) is 6.92 Å². The number of aliphatic carboxylic acids is 1. The average Bonchev–Trinajstić information content (AvgIpc) is 3.23. The average molecular weight is 423 g/mol. The molecule has 30 heavy (non-hydrogen) atoms. The Bertz CT molecular complexity index is 1050. The minimum atomic E-state index is -0.873. The van der Waals surface area contributed by atoms with Crippen molar-refractivity contribution < 1.29 is 19.4 Å². The van der Waals surface area contributed by atoms with Crippen molar-refractivity contribution in [1.82, 2.24) is 9.78 Å². The number of rotatable bonds is 7. The summed E-state index contributed by atoms with van der Waals surface area (Å²) in [4.78, 5) is 23.0. The van der Waals surface area contributed by atoms with Crippen LogP contribution >= 0.6 is 11.8 Å². The predicted octanol–water partition coefficient (Wildman–Crippen LogP) is 4.33. The molecule has 2 aromatic carbocycles. The molecule has 1 aliphatic rings. The Morgan fingerprint density at radius 1 is 1.13 bits per heavy atom. The van der Waals surface area contributed by atoms with E-state index in [1.54, 1.807) is 10.7 Å². The van der Waals surface area contributed by atoms with E-state index in [9.17, 15) is 9.59 Å². The molecule has 0 aliphatic heterocycles. The van der Waals surface area contributed by atoms with Gasteiger partial charge in [-0.1, -0.05) is 48.5 Å². The molecule has 2 N–H and O–H groups in total. The SMILES string of the molecule is Cc1cc(NC(=O)OCC2c3ccccc3-c3ccccc32)nn1CSCC(=O)O. The molecule has 0 atom stereocenters. The van der Waals surface area contributed by atoms with Gasteiger partial charge in [0.1, 0.15) is 6.61 Å². The molecule has 1 amide bonds. The predicted molar refractivity (Wildman–Crippen MR) is 116 cm³/mol. The van der Waals surface area contributed by atoms with Gasteiger partial charge < -0.3 is 9.84 Å². The largest absolute Gasteiger partial charge is 0.481 e. The third-order valence-corrected chi connectivity index (χ3v) is 5.87. The first-order chi connectivity index (χ1) is 14.5. The van der Waals surface area contributed by atoms with Crippen molar-refractivity contribution in [3.05, 3.63) is 71.4 Å². The number of thioether (sulfide) groups is 1. The molecular weight excluding hydrogens is 402 g/mol. The van der Waals surface area contributed by atoms with Gasteiger partial charge in [-0.15, -0.1) is 11.8 Å². The second-order valence-corrected chi connectivity index (χ2v) is 7.95. The topological polar surface area (TPSA) is 93.5 Å². The number of carbonyl (C=O) groups excluding carboxylic acids is 1. The van der Waals surface area contributed by atoms with Gasteiger partial charge in [-0.25, -0.2) is 4.79 Å². The van der Waals surface area contributed by atoms with Crippen molar-refractivity contribution in [1.29, 1.82) is 0 Å². The number of aromatic nitrogens is 2. The molecule has 1 heterocycles. The van der Waals surface area contributed by atoms with Crippen molar-refractivity contribution >= 4 is 29.6 Å². The number of carboxylic acids is 1. The molecule has 0 spiro atoms. The highest BCUT2D eigenvalue weighted by atomic mass is 32.2. The standard InChI is InChI=1S/C22H21N3O4S/c1-14-10-20(24-25(14)13-30-12-21(26)27)23-22(28)29-11-19-17-8-4-2-6-15(17)16-7-3-5-9-18(16)19/h2-10,19H,11-13H2,1H3,(H,26,27)(H,23,24,28). The summed E-state index contributed by atoms with van der Waals surface area (Å²) in [6.45, 7) is 2.07. The van der Waals surface area contributed by atoms with Crippen LogP contribution in [0.2, 0.25) is 0 Å². The van der Waals surface area contributed by atoms with Gasteiger partial charge in [-0.3, -0.25) is 14.8 Å². The van der Waals surface area contributed by atoms with E-state index in [4.69, 9.17) is 9.84 Å². The lowest BCUT2D eigenvalue weighted by Gasteiger charge is -2.14. The van der Waals surface area contributed by atoms with E-state index in [2.05, 4.69) is 34.7 Å². The van der Waals surface area contributed by atoms with Crippen molar-refractivity contribution in [3.63, 3.8) is 0 Å². The Hall–Kier alpha value is -3.26. The Labute approximate surface area is 178 Å². The van der Waals surface area contributed by atoms with E-state index in [1.165, 1.54) is 22.9 Å². The first-order valence-corrected chi connectivity index (χ1v) is 10.6. The molecule has 3 aromatic rings. The van der Waals surface area contributed by atoms with Crippen LogP contribution in [-0.2, 0) is 15.4 Å². The minimum Gasteiger partial charge on any atom is -0.481 e. The molecule has 0 saturated heterocycles. The first-order valence-electron chi connectivity index (χ1n) is 9.49. The fourth-order valence-corrected chi connectivity index (χ4v) is 4.36. The lowest BCUT2D eigenvalue weighted by molar-refractivity contribution is -0.133. The van der Waals surface area contributed by atoms with Crippen molar-refractivity contribution in [2.75, 3.05) is 17.7 Å². The summed E-state index contributed by atoms with van der Waals surface area (Å²) in [5.74, 6) is -0.115. The van der Waals surface area contributed by atoms with E-state index in [1.807, 2.05) is 31.2 Å². The lowest BCUT2D eigenvalue weighted by atomic mass is 9.98.